The van der Waals surface area contributed by atoms with E-state index in [-0.39, 0.29) is 40.7 Å². The molecule has 0 heterocycles. The summed E-state index contributed by atoms with van der Waals surface area (Å²) < 4.78 is 10.4. The lowest BCUT2D eigenvalue weighted by molar-refractivity contribution is 0.108. The molecule has 7 nitrogen and oxygen atoms in total. The van der Waals surface area contributed by atoms with Gasteiger partial charge in [0.25, 0.3) is 0 Å². The van der Waals surface area contributed by atoms with E-state index in [0.29, 0.717) is 18.9 Å². The Kier molecular flexibility index (Phi) is 4.93. The van der Waals surface area contributed by atoms with E-state index in [0.717, 1.165) is 6.07 Å². The fraction of sp³-hybridized carbons (Fsp3) is 0.0625. The number of carbonyl (C=O) groups is 3. The van der Waals surface area contributed by atoms with Crippen LogP contribution in [0, 0.1) is 0 Å². The van der Waals surface area contributed by atoms with Crippen molar-refractivity contribution in [1.82, 2.24) is 0 Å². The van der Waals surface area contributed by atoms with Gasteiger partial charge in [0.1, 0.15) is 11.5 Å². The number of phenolic OH excluding ortho intramolecular Hbond substituents is 2. The molecule has 0 aliphatic carbocycles. The Hall–Kier alpha value is -3.35. The van der Waals surface area contributed by atoms with Gasteiger partial charge in [-0.3, -0.25) is 14.4 Å². The van der Waals surface area contributed by atoms with Gasteiger partial charge >= 0.3 is 0 Å². The maximum atomic E-state index is 10.9. The molecule has 0 fully saturated rings. The number of para-hydroxylation sites is 1. The van der Waals surface area contributed by atoms with Crippen LogP contribution in [0.15, 0.2) is 30.3 Å². The molecule has 0 spiro atoms. The number of aldehydes is 3. The van der Waals surface area contributed by atoms with Crippen LogP contribution in [0.25, 0.3) is 0 Å². The fourth-order valence-corrected chi connectivity index (χ4v) is 1.85. The van der Waals surface area contributed by atoms with Gasteiger partial charge in [-0.25, -0.2) is 0 Å². The van der Waals surface area contributed by atoms with Crippen LogP contribution >= 0.6 is 0 Å². The molecule has 0 radical (unpaired) electrons. The number of rotatable bonds is 7. The van der Waals surface area contributed by atoms with Crippen LogP contribution in [0.5, 0.6) is 23.0 Å². The molecule has 0 saturated heterocycles. The minimum absolute atomic E-state index is 0.0270. The van der Waals surface area contributed by atoms with E-state index in [9.17, 15) is 24.6 Å². The predicted octanol–water partition coefficient (Wildman–Crippen LogP) is 1.95. The molecule has 2 aromatic carbocycles. The molecule has 7 heteroatoms. The van der Waals surface area contributed by atoms with Gasteiger partial charge in [0.15, 0.2) is 30.4 Å². The van der Waals surface area contributed by atoms with E-state index >= 15 is 0 Å². The van der Waals surface area contributed by atoms with Crippen LogP contribution in [0.2, 0.25) is 0 Å². The standard InChI is InChI=1S/C16H12O7/c17-6-10-2-1-3-15(16(10)21)23-9-22-12-4-11(7-18)13(8-19)14(20)5-12/h1-8,20-21H,9H2. The Morgan fingerprint density at radius 3 is 2.30 bits per heavy atom. The summed E-state index contributed by atoms with van der Waals surface area (Å²) in [5, 5.41) is 19.4. The third-order valence-electron chi connectivity index (χ3n) is 3.01. The van der Waals surface area contributed by atoms with Gasteiger partial charge in [0.05, 0.1) is 11.1 Å². The zero-order chi connectivity index (χ0) is 16.8. The van der Waals surface area contributed by atoms with Gasteiger partial charge in [0.2, 0.25) is 6.79 Å². The Bertz CT molecular complexity index is 752. The molecule has 2 rings (SSSR count). The SMILES string of the molecule is O=Cc1cccc(OCOc2cc(O)c(C=O)c(C=O)c2)c1O. The van der Waals surface area contributed by atoms with Crippen molar-refractivity contribution < 1.29 is 34.1 Å². The topological polar surface area (TPSA) is 110 Å². The fourth-order valence-electron chi connectivity index (χ4n) is 1.85. The Labute approximate surface area is 130 Å². The molecule has 0 bridgehead atoms. The van der Waals surface area contributed by atoms with Crippen LogP contribution < -0.4 is 9.47 Å². The summed E-state index contributed by atoms with van der Waals surface area (Å²) in [5.41, 5.74) is -0.0934. The summed E-state index contributed by atoms with van der Waals surface area (Å²) in [6.07, 6.45) is 1.26. The van der Waals surface area contributed by atoms with E-state index < -0.39 is 5.75 Å². The van der Waals surface area contributed by atoms with Crippen molar-refractivity contribution in [2.45, 2.75) is 0 Å². The first-order valence-electron chi connectivity index (χ1n) is 6.40. The van der Waals surface area contributed by atoms with Crippen LogP contribution in [0.1, 0.15) is 31.1 Å². The molecule has 0 amide bonds. The number of carbonyl (C=O) groups excluding carboxylic acids is 3. The molecule has 2 aromatic rings. The predicted molar refractivity (Wildman–Crippen MR) is 78.5 cm³/mol. The molecule has 0 saturated carbocycles. The third-order valence-corrected chi connectivity index (χ3v) is 3.01. The minimum atomic E-state index is -0.398. The normalized spacial score (nSPS) is 9.91. The Balaban J connectivity index is 2.10. The molecule has 118 valence electrons. The number of aromatic hydroxyl groups is 2. The quantitative estimate of drug-likeness (QED) is 0.593. The number of hydrogen-bond acceptors (Lipinski definition) is 7. The van der Waals surface area contributed by atoms with Gasteiger partial charge in [0, 0.05) is 11.6 Å². The van der Waals surface area contributed by atoms with Gasteiger partial charge in [-0.15, -0.1) is 0 Å². The maximum absolute atomic E-state index is 10.9. The highest BCUT2D eigenvalue weighted by atomic mass is 16.7. The van der Waals surface area contributed by atoms with E-state index in [4.69, 9.17) is 9.47 Å². The molecule has 0 aromatic heterocycles. The average molecular weight is 316 g/mol. The highest BCUT2D eigenvalue weighted by Crippen LogP contribution is 2.29. The Morgan fingerprint density at radius 1 is 0.913 bits per heavy atom. The van der Waals surface area contributed by atoms with Crippen LogP contribution in [0.4, 0.5) is 0 Å². The van der Waals surface area contributed by atoms with Crippen molar-refractivity contribution in [2.24, 2.45) is 0 Å². The zero-order valence-corrected chi connectivity index (χ0v) is 11.8. The smallest absolute Gasteiger partial charge is 0.231 e. The maximum Gasteiger partial charge on any atom is 0.231 e. The number of phenols is 2. The zero-order valence-electron chi connectivity index (χ0n) is 11.8. The molecule has 0 unspecified atom stereocenters. The summed E-state index contributed by atoms with van der Waals surface area (Å²) >= 11 is 0. The highest BCUT2D eigenvalue weighted by Gasteiger charge is 2.11. The third kappa shape index (κ3) is 3.46. The van der Waals surface area contributed by atoms with Gasteiger partial charge < -0.3 is 19.7 Å². The van der Waals surface area contributed by atoms with E-state index in [1.165, 1.54) is 24.3 Å². The average Bonchev–Trinajstić information content (AvgIpc) is 2.55. The molecule has 0 aliphatic heterocycles. The second kappa shape index (κ2) is 7.08. The highest BCUT2D eigenvalue weighted by molar-refractivity contribution is 5.93. The van der Waals surface area contributed by atoms with E-state index in [1.54, 1.807) is 0 Å². The number of benzene rings is 2. The van der Waals surface area contributed by atoms with E-state index in [2.05, 4.69) is 0 Å². The first-order valence-corrected chi connectivity index (χ1v) is 6.40. The van der Waals surface area contributed by atoms with Gasteiger partial charge in [-0.1, -0.05) is 6.07 Å². The number of hydrogen-bond donors (Lipinski definition) is 2. The van der Waals surface area contributed by atoms with Crippen molar-refractivity contribution in [3.05, 3.63) is 47.0 Å². The first-order chi connectivity index (χ1) is 11.1. The van der Waals surface area contributed by atoms with Crippen molar-refractivity contribution in [2.75, 3.05) is 6.79 Å². The minimum Gasteiger partial charge on any atom is -0.507 e. The summed E-state index contributed by atoms with van der Waals surface area (Å²) in [4.78, 5) is 32.4. The summed E-state index contributed by atoms with van der Waals surface area (Å²) in [6, 6.07) is 6.80. The lowest BCUT2D eigenvalue weighted by Gasteiger charge is -2.11. The summed E-state index contributed by atoms with van der Waals surface area (Å²) in [7, 11) is 0. The Morgan fingerprint density at radius 2 is 1.65 bits per heavy atom. The van der Waals surface area contributed by atoms with Crippen molar-refractivity contribution in [1.29, 1.82) is 0 Å². The molecule has 0 atom stereocenters. The lowest BCUT2D eigenvalue weighted by Crippen LogP contribution is -2.07. The molecule has 2 N–H and O–H groups in total. The van der Waals surface area contributed by atoms with Crippen LogP contribution in [-0.4, -0.2) is 35.9 Å². The van der Waals surface area contributed by atoms with Crippen molar-refractivity contribution >= 4 is 18.9 Å². The second-order valence-corrected chi connectivity index (χ2v) is 4.40. The molecular formula is C16H12O7. The lowest BCUT2D eigenvalue weighted by atomic mass is 10.1. The monoisotopic (exact) mass is 316 g/mol. The van der Waals surface area contributed by atoms with Crippen LogP contribution in [0.3, 0.4) is 0 Å². The second-order valence-electron chi connectivity index (χ2n) is 4.40. The molecular weight excluding hydrogens is 304 g/mol. The summed E-state index contributed by atoms with van der Waals surface area (Å²) in [6.45, 7) is -0.353. The van der Waals surface area contributed by atoms with Gasteiger partial charge in [-0.05, 0) is 18.2 Å². The van der Waals surface area contributed by atoms with Crippen molar-refractivity contribution in [3.63, 3.8) is 0 Å². The summed E-state index contributed by atoms with van der Waals surface area (Å²) in [5.74, 6) is -0.579. The largest absolute Gasteiger partial charge is 0.507 e. The van der Waals surface area contributed by atoms with Crippen LogP contribution in [-0.2, 0) is 0 Å². The first kappa shape index (κ1) is 16.0. The number of ether oxygens (including phenoxy) is 2. The molecule has 23 heavy (non-hydrogen) atoms. The van der Waals surface area contributed by atoms with Gasteiger partial charge in [-0.2, -0.15) is 0 Å². The molecule has 0 aliphatic rings. The van der Waals surface area contributed by atoms with Crippen molar-refractivity contribution in [3.8, 4) is 23.0 Å². The van der Waals surface area contributed by atoms with E-state index in [1.807, 2.05) is 0 Å².